The number of phenolic OH excluding ortho intramolecular Hbond substituents is 1. The SMILES string of the molecule is O=[N+]([O-])c1cc(Cl)c(OC(F)(F)C(Cl)Cl)c([N+](=O)[O-])c1O. The van der Waals surface area contributed by atoms with Crippen molar-refractivity contribution >= 4 is 46.2 Å². The maximum absolute atomic E-state index is 13.3. The summed E-state index contributed by atoms with van der Waals surface area (Å²) in [4.78, 5) is 16.4. The van der Waals surface area contributed by atoms with E-state index in [2.05, 4.69) is 4.74 Å². The Morgan fingerprint density at radius 3 is 2.19 bits per heavy atom. The molecule has 0 aliphatic rings. The van der Waals surface area contributed by atoms with Crippen LogP contribution in [-0.2, 0) is 0 Å². The molecule has 0 unspecified atom stereocenters. The van der Waals surface area contributed by atoms with Gasteiger partial charge in [-0.3, -0.25) is 20.2 Å². The summed E-state index contributed by atoms with van der Waals surface area (Å²) in [6, 6.07) is 0.409. The molecular formula is C8H3Cl3F2N2O6. The fourth-order valence-corrected chi connectivity index (χ4v) is 1.50. The third-order valence-electron chi connectivity index (χ3n) is 2.03. The number of alkyl halides is 4. The van der Waals surface area contributed by atoms with Crippen molar-refractivity contribution in [3.05, 3.63) is 31.3 Å². The maximum Gasteiger partial charge on any atom is 0.429 e. The summed E-state index contributed by atoms with van der Waals surface area (Å²) in [6.07, 6.45) is -4.29. The van der Waals surface area contributed by atoms with Gasteiger partial charge in [0.15, 0.2) is 0 Å². The van der Waals surface area contributed by atoms with Crippen LogP contribution in [0.4, 0.5) is 20.2 Å². The summed E-state index contributed by atoms with van der Waals surface area (Å²) in [5, 5.41) is 29.9. The first-order valence-corrected chi connectivity index (χ1v) is 5.93. The Morgan fingerprint density at radius 2 is 1.81 bits per heavy atom. The van der Waals surface area contributed by atoms with E-state index in [1.165, 1.54) is 0 Å². The monoisotopic (exact) mass is 366 g/mol. The van der Waals surface area contributed by atoms with Crippen molar-refractivity contribution in [2.45, 2.75) is 10.9 Å². The lowest BCUT2D eigenvalue weighted by Gasteiger charge is -2.19. The molecule has 13 heteroatoms. The predicted molar refractivity (Wildman–Crippen MR) is 67.5 cm³/mol. The number of phenols is 1. The summed E-state index contributed by atoms with van der Waals surface area (Å²) < 4.78 is 30.5. The van der Waals surface area contributed by atoms with E-state index in [0.29, 0.717) is 6.07 Å². The molecule has 1 N–H and O–H groups in total. The highest BCUT2D eigenvalue weighted by Gasteiger charge is 2.44. The fourth-order valence-electron chi connectivity index (χ4n) is 1.18. The summed E-state index contributed by atoms with van der Waals surface area (Å²) in [6.45, 7) is 0. The lowest BCUT2D eigenvalue weighted by atomic mass is 10.2. The number of nitro groups is 2. The minimum atomic E-state index is -4.29. The number of hydrogen-bond acceptors (Lipinski definition) is 6. The van der Waals surface area contributed by atoms with E-state index >= 15 is 0 Å². The normalized spacial score (nSPS) is 11.5. The van der Waals surface area contributed by atoms with Gasteiger partial charge in [-0.1, -0.05) is 34.8 Å². The van der Waals surface area contributed by atoms with Gasteiger partial charge in [-0.2, -0.15) is 8.78 Å². The van der Waals surface area contributed by atoms with Crippen LogP contribution in [0.5, 0.6) is 11.5 Å². The molecule has 0 bridgehead atoms. The van der Waals surface area contributed by atoms with Gasteiger partial charge in [0.25, 0.3) is 5.75 Å². The van der Waals surface area contributed by atoms with E-state index in [9.17, 15) is 34.1 Å². The Hall–Kier alpha value is -1.65. The van der Waals surface area contributed by atoms with Crippen LogP contribution in [-0.4, -0.2) is 25.9 Å². The van der Waals surface area contributed by atoms with E-state index in [4.69, 9.17) is 34.8 Å². The molecule has 0 saturated heterocycles. The van der Waals surface area contributed by atoms with Crippen molar-refractivity contribution < 1.29 is 28.5 Å². The van der Waals surface area contributed by atoms with Gasteiger partial charge in [0.05, 0.1) is 14.9 Å². The highest BCUT2D eigenvalue weighted by atomic mass is 35.5. The molecule has 0 atom stereocenters. The molecule has 0 radical (unpaired) electrons. The number of rotatable bonds is 5. The van der Waals surface area contributed by atoms with Gasteiger partial charge >= 0.3 is 17.5 Å². The smallest absolute Gasteiger partial charge is 0.429 e. The summed E-state index contributed by atoms with van der Waals surface area (Å²) in [5.41, 5.74) is -2.67. The zero-order chi connectivity index (χ0) is 16.5. The van der Waals surface area contributed by atoms with Crippen molar-refractivity contribution in [2.24, 2.45) is 0 Å². The van der Waals surface area contributed by atoms with Crippen molar-refractivity contribution in [3.8, 4) is 11.5 Å². The average molecular weight is 367 g/mol. The molecule has 1 aromatic carbocycles. The Bertz CT molecular complexity index is 612. The summed E-state index contributed by atoms with van der Waals surface area (Å²) >= 11 is 15.3. The molecule has 116 valence electrons. The molecule has 0 spiro atoms. The summed E-state index contributed by atoms with van der Waals surface area (Å²) in [5.74, 6) is -2.80. The second-order valence-corrected chi connectivity index (χ2v) is 4.89. The minimum Gasteiger partial charge on any atom is -0.497 e. The van der Waals surface area contributed by atoms with Gasteiger partial charge in [0, 0.05) is 6.07 Å². The molecule has 0 heterocycles. The van der Waals surface area contributed by atoms with Crippen molar-refractivity contribution in [3.63, 3.8) is 0 Å². The zero-order valence-electron chi connectivity index (χ0n) is 9.43. The van der Waals surface area contributed by atoms with E-state index < -0.39 is 48.7 Å². The Kier molecular flexibility index (Phi) is 4.97. The van der Waals surface area contributed by atoms with Crippen molar-refractivity contribution in [2.75, 3.05) is 0 Å². The van der Waals surface area contributed by atoms with Gasteiger partial charge in [-0.25, -0.2) is 0 Å². The number of hydrogen-bond donors (Lipinski definition) is 1. The van der Waals surface area contributed by atoms with E-state index in [1.807, 2.05) is 0 Å². The Morgan fingerprint density at radius 1 is 1.29 bits per heavy atom. The number of halogens is 5. The second kappa shape index (κ2) is 6.00. The standard InChI is InChI=1S/C8H3Cl3F2N2O6/c9-2-1-3(14(17)18)5(16)4(15(19)20)6(2)21-8(12,13)7(10)11/h1,7,16H. The number of nitrogens with zero attached hydrogens (tertiary/aromatic N) is 2. The van der Waals surface area contributed by atoms with Gasteiger partial charge in [-0.15, -0.1) is 0 Å². The van der Waals surface area contributed by atoms with E-state index in [-0.39, 0.29) is 0 Å². The molecule has 0 aliphatic heterocycles. The van der Waals surface area contributed by atoms with Gasteiger partial charge < -0.3 is 9.84 Å². The first-order chi connectivity index (χ1) is 9.49. The molecule has 1 rings (SSSR count). The summed E-state index contributed by atoms with van der Waals surface area (Å²) in [7, 11) is 0. The van der Waals surface area contributed by atoms with Gasteiger partial charge in [-0.05, 0) is 0 Å². The molecular weight excluding hydrogens is 364 g/mol. The van der Waals surface area contributed by atoms with Crippen LogP contribution in [0.1, 0.15) is 0 Å². The molecule has 0 aromatic heterocycles. The molecule has 0 fully saturated rings. The van der Waals surface area contributed by atoms with E-state index in [0.717, 1.165) is 0 Å². The van der Waals surface area contributed by atoms with Crippen LogP contribution in [0, 0.1) is 20.2 Å². The van der Waals surface area contributed by atoms with Crippen LogP contribution < -0.4 is 4.74 Å². The Balaban J connectivity index is 3.56. The number of ether oxygens (including phenoxy) is 1. The Labute approximate surface area is 129 Å². The number of benzene rings is 1. The number of aromatic hydroxyl groups is 1. The molecule has 21 heavy (non-hydrogen) atoms. The lowest BCUT2D eigenvalue weighted by molar-refractivity contribution is -0.397. The largest absolute Gasteiger partial charge is 0.497 e. The first kappa shape index (κ1) is 17.4. The van der Waals surface area contributed by atoms with Crippen molar-refractivity contribution in [1.29, 1.82) is 0 Å². The third kappa shape index (κ3) is 3.52. The highest BCUT2D eigenvalue weighted by molar-refractivity contribution is 6.44. The molecule has 0 saturated carbocycles. The average Bonchev–Trinajstić information content (AvgIpc) is 2.32. The third-order valence-corrected chi connectivity index (χ3v) is 2.82. The molecule has 0 aliphatic carbocycles. The van der Waals surface area contributed by atoms with Crippen LogP contribution in [0.2, 0.25) is 5.02 Å². The molecule has 0 amide bonds. The van der Waals surface area contributed by atoms with Crippen LogP contribution in [0.3, 0.4) is 0 Å². The topological polar surface area (TPSA) is 116 Å². The highest BCUT2D eigenvalue weighted by Crippen LogP contribution is 2.49. The van der Waals surface area contributed by atoms with Gasteiger partial charge in [0.2, 0.25) is 10.6 Å². The van der Waals surface area contributed by atoms with Gasteiger partial charge in [0.1, 0.15) is 0 Å². The number of nitro benzene ring substituents is 2. The van der Waals surface area contributed by atoms with Crippen LogP contribution >= 0.6 is 34.8 Å². The quantitative estimate of drug-likeness (QED) is 0.482. The van der Waals surface area contributed by atoms with Crippen LogP contribution in [0.25, 0.3) is 0 Å². The molecule has 8 nitrogen and oxygen atoms in total. The van der Waals surface area contributed by atoms with E-state index in [1.54, 1.807) is 0 Å². The zero-order valence-corrected chi connectivity index (χ0v) is 11.7. The second-order valence-electron chi connectivity index (χ2n) is 3.38. The first-order valence-electron chi connectivity index (χ1n) is 4.68. The van der Waals surface area contributed by atoms with Crippen LogP contribution in [0.15, 0.2) is 6.07 Å². The van der Waals surface area contributed by atoms with Crippen molar-refractivity contribution in [1.82, 2.24) is 0 Å². The molecule has 1 aromatic rings. The fraction of sp³-hybridized carbons (Fsp3) is 0.250. The maximum atomic E-state index is 13.3. The lowest BCUT2D eigenvalue weighted by Crippen LogP contribution is -2.32. The predicted octanol–water partition coefficient (Wildman–Crippen LogP) is 3.64. The minimum absolute atomic E-state index is 0.409.